The van der Waals surface area contributed by atoms with Crippen LogP contribution in [0.2, 0.25) is 0 Å². The van der Waals surface area contributed by atoms with E-state index in [4.69, 9.17) is 9.47 Å². The summed E-state index contributed by atoms with van der Waals surface area (Å²) in [5.74, 6) is 1.25. The maximum absolute atomic E-state index is 13.1. The molecule has 5 rings (SSSR count). The highest BCUT2D eigenvalue weighted by atomic mass is 32.1. The SMILES string of the molecule is COc1cccc2c1Oc1ncccc1N(c1ccc(C(=O)NCc3ccc(F)cc3)s1)C2. The Hall–Kier alpha value is -3.91. The summed E-state index contributed by atoms with van der Waals surface area (Å²) in [6.07, 6.45) is 1.68. The van der Waals surface area contributed by atoms with Gasteiger partial charge in [-0.1, -0.05) is 24.3 Å². The molecule has 0 saturated heterocycles. The summed E-state index contributed by atoms with van der Waals surface area (Å²) < 4.78 is 24.7. The first-order valence-corrected chi connectivity index (χ1v) is 11.1. The van der Waals surface area contributed by atoms with Crippen LogP contribution in [0.15, 0.2) is 72.9 Å². The molecule has 166 valence electrons. The van der Waals surface area contributed by atoms with Crippen LogP contribution in [-0.2, 0) is 13.1 Å². The molecular formula is C25H20FN3O3S. The number of pyridine rings is 1. The molecule has 1 N–H and O–H groups in total. The van der Waals surface area contributed by atoms with E-state index in [0.29, 0.717) is 35.3 Å². The number of thiophene rings is 1. The van der Waals surface area contributed by atoms with Gasteiger partial charge in [0.05, 0.1) is 23.5 Å². The molecule has 1 aliphatic rings. The number of methoxy groups -OCH3 is 1. The van der Waals surface area contributed by atoms with Gasteiger partial charge < -0.3 is 19.7 Å². The smallest absolute Gasteiger partial charge is 0.261 e. The number of rotatable bonds is 5. The topological polar surface area (TPSA) is 63.7 Å². The Morgan fingerprint density at radius 3 is 2.82 bits per heavy atom. The van der Waals surface area contributed by atoms with Gasteiger partial charge in [-0.25, -0.2) is 9.37 Å². The average Bonchev–Trinajstić information content (AvgIpc) is 3.26. The van der Waals surface area contributed by atoms with Gasteiger partial charge in [0.2, 0.25) is 5.88 Å². The summed E-state index contributed by atoms with van der Waals surface area (Å²) in [6.45, 7) is 0.853. The van der Waals surface area contributed by atoms with Crippen molar-refractivity contribution in [2.75, 3.05) is 12.0 Å². The van der Waals surface area contributed by atoms with Crippen molar-refractivity contribution in [1.82, 2.24) is 10.3 Å². The molecule has 0 fully saturated rings. The first-order valence-electron chi connectivity index (χ1n) is 10.3. The number of para-hydroxylation sites is 1. The predicted octanol–water partition coefficient (Wildman–Crippen LogP) is 5.66. The monoisotopic (exact) mass is 461 g/mol. The molecule has 6 nitrogen and oxygen atoms in total. The number of hydrogen-bond acceptors (Lipinski definition) is 6. The largest absolute Gasteiger partial charge is 0.493 e. The maximum Gasteiger partial charge on any atom is 0.261 e. The Morgan fingerprint density at radius 2 is 2.00 bits per heavy atom. The summed E-state index contributed by atoms with van der Waals surface area (Å²) in [4.78, 5) is 19.8. The highest BCUT2D eigenvalue weighted by Gasteiger charge is 2.26. The molecule has 8 heteroatoms. The van der Waals surface area contributed by atoms with E-state index in [-0.39, 0.29) is 11.7 Å². The van der Waals surface area contributed by atoms with E-state index in [1.807, 2.05) is 36.4 Å². The van der Waals surface area contributed by atoms with Gasteiger partial charge in [-0.05, 0) is 48.0 Å². The lowest BCUT2D eigenvalue weighted by Crippen LogP contribution is -2.21. The number of halogens is 1. The first kappa shape index (κ1) is 21.0. The fourth-order valence-electron chi connectivity index (χ4n) is 3.64. The number of ether oxygens (including phenoxy) is 2. The van der Waals surface area contributed by atoms with E-state index in [1.165, 1.54) is 23.5 Å². The van der Waals surface area contributed by atoms with Gasteiger partial charge in [-0.3, -0.25) is 4.79 Å². The molecule has 1 amide bonds. The summed E-state index contributed by atoms with van der Waals surface area (Å²) in [7, 11) is 1.61. The number of carbonyl (C=O) groups excluding carboxylic acids is 1. The molecule has 0 spiro atoms. The van der Waals surface area contributed by atoms with Crippen LogP contribution in [0.25, 0.3) is 0 Å². The molecule has 0 atom stereocenters. The minimum absolute atomic E-state index is 0.185. The van der Waals surface area contributed by atoms with Crippen molar-refractivity contribution in [2.45, 2.75) is 13.1 Å². The number of anilines is 2. The number of fused-ring (bicyclic) bond motifs is 2. The molecule has 2 aromatic heterocycles. The Kier molecular flexibility index (Phi) is 5.66. The number of benzene rings is 2. The van der Waals surface area contributed by atoms with Gasteiger partial charge in [0.15, 0.2) is 11.5 Å². The molecule has 4 aromatic rings. The van der Waals surface area contributed by atoms with Gasteiger partial charge in [-0.2, -0.15) is 0 Å². The first-order chi connectivity index (χ1) is 16.1. The van der Waals surface area contributed by atoms with Gasteiger partial charge in [0.25, 0.3) is 5.91 Å². The van der Waals surface area contributed by atoms with E-state index < -0.39 is 0 Å². The standard InChI is InChI=1S/C25H20FN3O3S/c1-31-20-6-2-4-17-15-29(19-5-3-13-27-25(19)32-23(17)20)22-12-11-21(33-22)24(30)28-14-16-7-9-18(26)10-8-16/h2-13H,14-15H2,1H3,(H,28,30). The van der Waals surface area contributed by atoms with Crippen molar-refractivity contribution in [3.63, 3.8) is 0 Å². The molecular weight excluding hydrogens is 441 g/mol. The predicted molar refractivity (Wildman–Crippen MR) is 125 cm³/mol. The molecule has 33 heavy (non-hydrogen) atoms. The van der Waals surface area contributed by atoms with Crippen LogP contribution in [-0.4, -0.2) is 18.0 Å². The second-order valence-electron chi connectivity index (χ2n) is 7.41. The van der Waals surface area contributed by atoms with Crippen molar-refractivity contribution in [2.24, 2.45) is 0 Å². The van der Waals surface area contributed by atoms with E-state index in [1.54, 1.807) is 31.5 Å². The minimum atomic E-state index is -0.302. The zero-order valence-corrected chi connectivity index (χ0v) is 18.6. The zero-order valence-electron chi connectivity index (χ0n) is 17.7. The summed E-state index contributed by atoms with van der Waals surface area (Å²) >= 11 is 1.38. The highest BCUT2D eigenvalue weighted by molar-refractivity contribution is 7.18. The summed E-state index contributed by atoms with van der Waals surface area (Å²) in [6, 6.07) is 19.3. The lowest BCUT2D eigenvalue weighted by atomic mass is 10.1. The second-order valence-corrected chi connectivity index (χ2v) is 8.47. The molecule has 0 aliphatic carbocycles. The Labute approximate surface area is 194 Å². The van der Waals surface area contributed by atoms with Crippen molar-refractivity contribution in [3.8, 4) is 17.4 Å². The molecule has 0 unspecified atom stereocenters. The molecule has 0 saturated carbocycles. The highest BCUT2D eigenvalue weighted by Crippen LogP contribution is 2.45. The number of hydrogen-bond donors (Lipinski definition) is 1. The molecule has 3 heterocycles. The van der Waals surface area contributed by atoms with Crippen molar-refractivity contribution >= 4 is 27.9 Å². The number of amides is 1. The van der Waals surface area contributed by atoms with Crippen LogP contribution >= 0.6 is 11.3 Å². The molecule has 2 aromatic carbocycles. The van der Waals surface area contributed by atoms with Crippen LogP contribution in [0, 0.1) is 5.82 Å². The van der Waals surface area contributed by atoms with Crippen LogP contribution in [0.4, 0.5) is 15.1 Å². The van der Waals surface area contributed by atoms with Gasteiger partial charge in [0, 0.05) is 18.3 Å². The lowest BCUT2D eigenvalue weighted by Gasteiger charge is -2.21. The van der Waals surface area contributed by atoms with E-state index in [0.717, 1.165) is 21.8 Å². The van der Waals surface area contributed by atoms with Crippen LogP contribution in [0.3, 0.4) is 0 Å². The molecule has 0 radical (unpaired) electrons. The quantitative estimate of drug-likeness (QED) is 0.415. The number of carbonyl (C=O) groups is 1. The average molecular weight is 462 g/mol. The summed E-state index contributed by atoms with van der Waals surface area (Å²) in [5.41, 5.74) is 2.58. The minimum Gasteiger partial charge on any atom is -0.493 e. The number of aromatic nitrogens is 1. The number of nitrogens with zero attached hydrogens (tertiary/aromatic N) is 2. The third-order valence-electron chi connectivity index (χ3n) is 5.30. The van der Waals surface area contributed by atoms with E-state index >= 15 is 0 Å². The normalized spacial score (nSPS) is 12.2. The van der Waals surface area contributed by atoms with Crippen LogP contribution < -0.4 is 19.7 Å². The second kappa shape index (κ2) is 8.91. The fraction of sp³-hybridized carbons (Fsp3) is 0.120. The fourth-order valence-corrected chi connectivity index (χ4v) is 4.58. The number of nitrogens with one attached hydrogen (secondary N) is 1. The third-order valence-corrected chi connectivity index (χ3v) is 6.40. The Bertz CT molecular complexity index is 1310. The van der Waals surface area contributed by atoms with Crippen molar-refractivity contribution in [3.05, 3.63) is 94.7 Å². The van der Waals surface area contributed by atoms with Crippen molar-refractivity contribution in [1.29, 1.82) is 0 Å². The van der Waals surface area contributed by atoms with E-state index in [2.05, 4.69) is 15.2 Å². The van der Waals surface area contributed by atoms with Gasteiger partial charge in [0.1, 0.15) is 11.5 Å². The Balaban J connectivity index is 1.42. The van der Waals surface area contributed by atoms with Gasteiger partial charge in [-0.15, -0.1) is 11.3 Å². The zero-order chi connectivity index (χ0) is 22.8. The maximum atomic E-state index is 13.1. The Morgan fingerprint density at radius 1 is 1.15 bits per heavy atom. The molecule has 0 bridgehead atoms. The third kappa shape index (κ3) is 4.25. The van der Waals surface area contributed by atoms with Crippen LogP contribution in [0.5, 0.6) is 17.4 Å². The lowest BCUT2D eigenvalue weighted by molar-refractivity contribution is 0.0955. The van der Waals surface area contributed by atoms with Gasteiger partial charge >= 0.3 is 0 Å². The van der Waals surface area contributed by atoms with Crippen molar-refractivity contribution < 1.29 is 18.7 Å². The molecule has 1 aliphatic heterocycles. The van der Waals surface area contributed by atoms with Crippen LogP contribution in [0.1, 0.15) is 20.8 Å². The summed E-state index contributed by atoms with van der Waals surface area (Å²) in [5, 5.41) is 3.77. The van der Waals surface area contributed by atoms with E-state index in [9.17, 15) is 9.18 Å².